The molecule has 0 aliphatic rings. The van der Waals surface area contributed by atoms with Crippen LogP contribution in [-0.2, 0) is 4.74 Å². The lowest BCUT2D eigenvalue weighted by molar-refractivity contribution is 0.0600. The van der Waals surface area contributed by atoms with Crippen LogP contribution in [0.5, 0.6) is 5.75 Å². The number of carbonyl (C=O) groups excluding carboxylic acids is 2. The van der Waals surface area contributed by atoms with Crippen molar-refractivity contribution < 1.29 is 19.1 Å². The van der Waals surface area contributed by atoms with Gasteiger partial charge in [0, 0.05) is 5.56 Å². The third kappa shape index (κ3) is 6.07. The highest BCUT2D eigenvalue weighted by Crippen LogP contribution is 2.23. The van der Waals surface area contributed by atoms with E-state index >= 15 is 0 Å². The first kappa shape index (κ1) is 20.4. The summed E-state index contributed by atoms with van der Waals surface area (Å²) in [5.41, 5.74) is 1.42. The van der Waals surface area contributed by atoms with Gasteiger partial charge in [0.25, 0.3) is 5.91 Å². The van der Waals surface area contributed by atoms with Gasteiger partial charge in [0.15, 0.2) is 5.11 Å². The largest absolute Gasteiger partial charge is 0.491 e. The minimum absolute atomic E-state index is 0.156. The van der Waals surface area contributed by atoms with E-state index in [0.717, 1.165) is 12.8 Å². The van der Waals surface area contributed by atoms with Gasteiger partial charge in [-0.3, -0.25) is 10.1 Å². The molecule has 0 fully saturated rings. The first-order valence-corrected chi connectivity index (χ1v) is 8.98. The predicted octanol–water partition coefficient (Wildman–Crippen LogP) is 3.78. The van der Waals surface area contributed by atoms with E-state index in [1.807, 2.05) is 24.3 Å². The zero-order valence-corrected chi connectivity index (χ0v) is 16.1. The summed E-state index contributed by atoms with van der Waals surface area (Å²) in [5, 5.41) is 5.74. The van der Waals surface area contributed by atoms with E-state index in [-0.39, 0.29) is 11.0 Å². The first-order valence-electron chi connectivity index (χ1n) is 8.57. The van der Waals surface area contributed by atoms with Gasteiger partial charge in [-0.2, -0.15) is 0 Å². The number of amides is 1. The normalized spacial score (nSPS) is 10.0. The molecule has 0 aliphatic heterocycles. The number of hydrogen-bond acceptors (Lipinski definition) is 5. The fourth-order valence-electron chi connectivity index (χ4n) is 2.23. The number of carbonyl (C=O) groups is 2. The van der Waals surface area contributed by atoms with Crippen LogP contribution in [0.2, 0.25) is 0 Å². The Bertz CT molecular complexity index is 806. The molecule has 0 saturated heterocycles. The number of ether oxygens (including phenoxy) is 2. The lowest BCUT2D eigenvalue weighted by Crippen LogP contribution is -2.34. The van der Waals surface area contributed by atoms with Gasteiger partial charge in [-0.05, 0) is 55.0 Å². The van der Waals surface area contributed by atoms with E-state index < -0.39 is 5.97 Å². The second-order valence-electron chi connectivity index (χ2n) is 5.68. The number of esters is 1. The maximum atomic E-state index is 12.3. The smallest absolute Gasteiger partial charge is 0.337 e. The molecule has 0 heterocycles. The zero-order chi connectivity index (χ0) is 19.6. The molecule has 0 radical (unpaired) electrons. The molecule has 2 rings (SSSR count). The molecule has 0 bridgehead atoms. The Morgan fingerprint density at radius 3 is 2.37 bits per heavy atom. The third-order valence-corrected chi connectivity index (χ3v) is 3.89. The lowest BCUT2D eigenvalue weighted by atomic mass is 10.1. The molecular weight excluding hydrogens is 364 g/mol. The van der Waals surface area contributed by atoms with Crippen LogP contribution in [0.4, 0.5) is 5.69 Å². The summed E-state index contributed by atoms with van der Waals surface area (Å²) in [6.45, 7) is 2.71. The summed E-state index contributed by atoms with van der Waals surface area (Å²) < 4.78 is 10.4. The maximum Gasteiger partial charge on any atom is 0.337 e. The molecule has 0 unspecified atom stereocenters. The summed E-state index contributed by atoms with van der Waals surface area (Å²) in [4.78, 5) is 23.7. The van der Waals surface area contributed by atoms with Crippen molar-refractivity contribution in [2.75, 3.05) is 19.0 Å². The Balaban J connectivity index is 1.97. The fourth-order valence-corrected chi connectivity index (χ4v) is 2.43. The van der Waals surface area contributed by atoms with Crippen molar-refractivity contribution in [3.63, 3.8) is 0 Å². The summed E-state index contributed by atoms with van der Waals surface area (Å²) in [6.07, 6.45) is 2.00. The number of hydrogen-bond donors (Lipinski definition) is 2. The number of methoxy groups -OCH3 is 1. The molecule has 2 aromatic rings. The second kappa shape index (κ2) is 10.3. The van der Waals surface area contributed by atoms with E-state index in [4.69, 9.17) is 17.0 Å². The van der Waals surface area contributed by atoms with E-state index in [1.54, 1.807) is 0 Å². The topological polar surface area (TPSA) is 76.7 Å². The lowest BCUT2D eigenvalue weighted by Gasteiger charge is -2.14. The van der Waals surface area contributed by atoms with Gasteiger partial charge in [0.1, 0.15) is 5.75 Å². The molecule has 142 valence electrons. The zero-order valence-electron chi connectivity index (χ0n) is 15.3. The molecule has 7 heteroatoms. The quantitative estimate of drug-likeness (QED) is 0.428. The van der Waals surface area contributed by atoms with Crippen molar-refractivity contribution in [1.29, 1.82) is 0 Å². The van der Waals surface area contributed by atoms with Gasteiger partial charge in [-0.15, -0.1) is 0 Å². The van der Waals surface area contributed by atoms with Crippen LogP contribution >= 0.6 is 12.2 Å². The molecule has 27 heavy (non-hydrogen) atoms. The summed E-state index contributed by atoms with van der Waals surface area (Å²) in [7, 11) is 1.30. The van der Waals surface area contributed by atoms with Gasteiger partial charge in [0.05, 0.1) is 25.0 Å². The van der Waals surface area contributed by atoms with Crippen LogP contribution in [0.1, 0.15) is 40.5 Å². The number of thiocarbonyl (C=S) groups is 1. The molecule has 2 N–H and O–H groups in total. The molecule has 0 saturated carbocycles. The minimum atomic E-state index is -0.459. The van der Waals surface area contributed by atoms with Crippen molar-refractivity contribution in [2.45, 2.75) is 19.8 Å². The highest BCUT2D eigenvalue weighted by Gasteiger charge is 2.11. The van der Waals surface area contributed by atoms with Crippen molar-refractivity contribution in [3.8, 4) is 5.75 Å². The average molecular weight is 386 g/mol. The summed E-state index contributed by atoms with van der Waals surface area (Å²) in [5.74, 6) is -0.169. The van der Waals surface area contributed by atoms with E-state index in [2.05, 4.69) is 22.3 Å². The highest BCUT2D eigenvalue weighted by molar-refractivity contribution is 7.80. The Kier molecular flexibility index (Phi) is 7.76. The Hall–Kier alpha value is -2.93. The van der Waals surface area contributed by atoms with E-state index in [0.29, 0.717) is 29.2 Å². The van der Waals surface area contributed by atoms with Crippen LogP contribution in [0.15, 0.2) is 48.5 Å². The highest BCUT2D eigenvalue weighted by atomic mass is 32.1. The molecular formula is C20H22N2O4S. The Labute approximate surface area is 163 Å². The van der Waals surface area contributed by atoms with Gasteiger partial charge in [-0.1, -0.05) is 25.5 Å². The number of unbranched alkanes of at least 4 members (excludes halogenated alkanes) is 1. The third-order valence-electron chi connectivity index (χ3n) is 3.69. The number of nitrogens with one attached hydrogen (secondary N) is 2. The fraction of sp³-hybridized carbons (Fsp3) is 0.250. The summed E-state index contributed by atoms with van der Waals surface area (Å²) in [6, 6.07) is 13.5. The van der Waals surface area contributed by atoms with Crippen LogP contribution < -0.4 is 15.4 Å². The number of anilines is 1. The van der Waals surface area contributed by atoms with Crippen molar-refractivity contribution in [1.82, 2.24) is 5.32 Å². The second-order valence-corrected chi connectivity index (χ2v) is 6.08. The number of rotatable bonds is 7. The van der Waals surface area contributed by atoms with Crippen molar-refractivity contribution in [2.24, 2.45) is 0 Å². The molecule has 0 aliphatic carbocycles. The van der Waals surface area contributed by atoms with Crippen molar-refractivity contribution in [3.05, 3.63) is 59.7 Å². The van der Waals surface area contributed by atoms with E-state index in [9.17, 15) is 9.59 Å². The van der Waals surface area contributed by atoms with Crippen LogP contribution in [0.3, 0.4) is 0 Å². The molecule has 0 atom stereocenters. The van der Waals surface area contributed by atoms with Gasteiger partial charge < -0.3 is 14.8 Å². The number of benzene rings is 2. The standard InChI is InChI=1S/C20H22N2O4S/c1-3-4-13-26-17-8-6-5-7-16(17)21-20(27)22-18(23)14-9-11-15(12-10-14)19(24)25-2/h5-12H,3-4,13H2,1-2H3,(H2,21,22,23,27). The maximum absolute atomic E-state index is 12.3. The SMILES string of the molecule is CCCCOc1ccccc1NC(=S)NC(=O)c1ccc(C(=O)OC)cc1. The van der Waals surface area contributed by atoms with Gasteiger partial charge in [0.2, 0.25) is 0 Å². The molecule has 1 amide bonds. The monoisotopic (exact) mass is 386 g/mol. The molecule has 0 spiro atoms. The molecule has 6 nitrogen and oxygen atoms in total. The van der Waals surface area contributed by atoms with E-state index in [1.165, 1.54) is 31.4 Å². The average Bonchev–Trinajstić information content (AvgIpc) is 2.69. The van der Waals surface area contributed by atoms with Crippen LogP contribution in [-0.4, -0.2) is 30.7 Å². The Morgan fingerprint density at radius 2 is 1.70 bits per heavy atom. The van der Waals surface area contributed by atoms with Gasteiger partial charge >= 0.3 is 5.97 Å². The minimum Gasteiger partial charge on any atom is -0.491 e. The van der Waals surface area contributed by atoms with Crippen LogP contribution in [0.25, 0.3) is 0 Å². The molecule has 2 aromatic carbocycles. The van der Waals surface area contributed by atoms with Crippen molar-refractivity contribution >= 4 is 34.9 Å². The number of para-hydroxylation sites is 2. The predicted molar refractivity (Wildman–Crippen MR) is 108 cm³/mol. The Morgan fingerprint density at radius 1 is 1.04 bits per heavy atom. The first-order chi connectivity index (χ1) is 13.0. The van der Waals surface area contributed by atoms with Gasteiger partial charge in [-0.25, -0.2) is 4.79 Å². The molecule has 0 aromatic heterocycles. The van der Waals surface area contributed by atoms with Crippen LogP contribution in [0, 0.1) is 0 Å². The summed E-state index contributed by atoms with van der Waals surface area (Å²) >= 11 is 5.22.